The largest absolute Gasteiger partial charge is 0.469 e. The Morgan fingerprint density at radius 3 is 2.77 bits per heavy atom. The van der Waals surface area contributed by atoms with Crippen molar-refractivity contribution in [1.82, 2.24) is 5.32 Å². The third kappa shape index (κ3) is 7.14. The second-order valence-corrected chi connectivity index (χ2v) is 8.08. The summed E-state index contributed by atoms with van der Waals surface area (Å²) >= 11 is 2.37. The molecular weight excluding hydrogens is 509 g/mol. The maximum atomic E-state index is 12.2. The fourth-order valence-corrected chi connectivity index (χ4v) is 4.41. The molecule has 2 aliphatic rings. The number of carbonyl (C=O) groups is 1. The van der Waals surface area contributed by atoms with E-state index < -0.39 is 0 Å². The van der Waals surface area contributed by atoms with Crippen LogP contribution in [0.15, 0.2) is 18.2 Å². The molecule has 10 heteroatoms. The molecule has 0 radical (unpaired) electrons. The molecule has 2 aliphatic heterocycles. The first-order chi connectivity index (χ1) is 14.5. The molecule has 0 saturated carbocycles. The minimum absolute atomic E-state index is 0.0330. The van der Waals surface area contributed by atoms with Gasteiger partial charge >= 0.3 is 5.97 Å². The van der Waals surface area contributed by atoms with E-state index in [2.05, 4.69) is 89.9 Å². The smallest absolute Gasteiger partial charge is 0.310 e. The highest BCUT2D eigenvalue weighted by atomic mass is 127. The Bertz CT molecular complexity index is 750. The predicted molar refractivity (Wildman–Crippen MR) is 113 cm³/mol. The zero-order valence-electron chi connectivity index (χ0n) is 17.1. The summed E-state index contributed by atoms with van der Waals surface area (Å²) in [6.07, 6.45) is 3.30. The number of methoxy groups -OCH3 is 1. The molecule has 2 bridgehead atoms. The Kier molecular flexibility index (Phi) is 11.0. The summed E-state index contributed by atoms with van der Waals surface area (Å²) in [5, 5.41) is 24.7. The van der Waals surface area contributed by atoms with Crippen LogP contribution in [0, 0.1) is 28.3 Å². The van der Waals surface area contributed by atoms with Crippen molar-refractivity contribution in [2.24, 2.45) is 5.92 Å². The van der Waals surface area contributed by atoms with E-state index in [9.17, 15) is 4.79 Å². The summed E-state index contributed by atoms with van der Waals surface area (Å²) in [6.45, 7) is 3.79. The van der Waals surface area contributed by atoms with Crippen molar-refractivity contribution in [3.8, 4) is 11.8 Å². The average Bonchev–Trinajstić information content (AvgIpc) is 3.13. The normalized spacial score (nSPS) is 24.3. The lowest BCUT2D eigenvalue weighted by atomic mass is 9.77. The van der Waals surface area contributed by atoms with Gasteiger partial charge in [0.25, 0.3) is 0 Å². The maximum Gasteiger partial charge on any atom is 0.310 e. The van der Waals surface area contributed by atoms with Crippen molar-refractivity contribution >= 4 is 28.6 Å². The van der Waals surface area contributed by atoms with Crippen molar-refractivity contribution in [3.05, 3.63) is 32.9 Å². The number of fused-ring (bicyclic) bond motifs is 2. The number of ether oxygens (including phenoxy) is 1. The number of hydrogen-bond donors (Lipinski definition) is 2. The van der Waals surface area contributed by atoms with E-state index in [1.54, 1.807) is 6.92 Å². The highest BCUT2D eigenvalue weighted by Gasteiger charge is 2.46. The quantitative estimate of drug-likeness (QED) is 0.136. The lowest BCUT2D eigenvalue weighted by Gasteiger charge is -2.36. The highest BCUT2D eigenvalue weighted by Crippen LogP contribution is 2.42. The third-order valence-corrected chi connectivity index (χ3v) is 6.38. The van der Waals surface area contributed by atoms with Gasteiger partial charge in [-0.25, -0.2) is 5.26 Å². The van der Waals surface area contributed by atoms with Gasteiger partial charge in [0.05, 0.1) is 13.0 Å². The molecule has 2 unspecified atom stereocenters. The minimum Gasteiger partial charge on any atom is -0.469 e. The minimum atomic E-state index is -0.0663. The summed E-state index contributed by atoms with van der Waals surface area (Å²) in [6, 6.07) is 7.43. The number of carbonyl (C=O) groups excluding carboxylic acids is 1. The van der Waals surface area contributed by atoms with E-state index in [1.165, 1.54) is 28.2 Å². The summed E-state index contributed by atoms with van der Waals surface area (Å²) < 4.78 is 6.34. The van der Waals surface area contributed by atoms with Gasteiger partial charge in [-0.05, 0) is 93.0 Å². The molecule has 9 nitrogen and oxygen atoms in total. The fourth-order valence-electron chi connectivity index (χ4n) is 3.87. The van der Waals surface area contributed by atoms with E-state index in [1.807, 2.05) is 0 Å². The van der Waals surface area contributed by atoms with Gasteiger partial charge in [-0.1, -0.05) is 18.1 Å². The maximum absolute atomic E-state index is 12.2. The second kappa shape index (κ2) is 13.2. The van der Waals surface area contributed by atoms with Gasteiger partial charge in [-0.2, -0.15) is 4.89 Å². The number of hydrogen-bond acceptors (Lipinski definition) is 9. The molecule has 30 heavy (non-hydrogen) atoms. The molecule has 2 heterocycles. The third-order valence-electron chi connectivity index (χ3n) is 5.22. The van der Waals surface area contributed by atoms with Crippen molar-refractivity contribution in [1.29, 1.82) is 0 Å². The van der Waals surface area contributed by atoms with Crippen LogP contribution in [-0.4, -0.2) is 37.0 Å². The Labute approximate surface area is 189 Å². The van der Waals surface area contributed by atoms with E-state index in [0.717, 1.165) is 12.8 Å². The first kappa shape index (κ1) is 25.0. The molecule has 2 fully saturated rings. The van der Waals surface area contributed by atoms with Gasteiger partial charge in [0, 0.05) is 21.6 Å². The van der Waals surface area contributed by atoms with Crippen LogP contribution in [0.3, 0.4) is 0 Å². The molecule has 2 saturated heterocycles. The average molecular weight is 535 g/mol. The van der Waals surface area contributed by atoms with Crippen LogP contribution in [0.4, 0.5) is 0 Å². The number of rotatable bonds is 7. The van der Waals surface area contributed by atoms with E-state index >= 15 is 0 Å². The van der Waals surface area contributed by atoms with Crippen molar-refractivity contribution in [3.63, 3.8) is 0 Å². The van der Waals surface area contributed by atoms with E-state index in [0.29, 0.717) is 6.04 Å². The number of halogens is 1. The van der Waals surface area contributed by atoms with Crippen LogP contribution >= 0.6 is 22.6 Å². The summed E-state index contributed by atoms with van der Waals surface area (Å²) in [4.78, 5) is 16.4. The van der Waals surface area contributed by atoms with Gasteiger partial charge in [0.1, 0.15) is 6.61 Å². The molecule has 3 rings (SSSR count). The van der Waals surface area contributed by atoms with Crippen LogP contribution < -0.4 is 5.32 Å². The molecule has 166 valence electrons. The summed E-state index contributed by atoms with van der Waals surface area (Å²) in [7, 11) is 1.50. The SMILES string of the molecule is CC#CCOOOOOO.COC(=O)C1C2CC[C@H](C[C@@H]1c1ccc(C)c(I)c1)N2. The molecule has 0 spiro atoms. The molecule has 1 aromatic rings. The van der Waals surface area contributed by atoms with Gasteiger partial charge in [-0.15, -0.1) is 5.92 Å². The van der Waals surface area contributed by atoms with Gasteiger partial charge in [0.15, 0.2) is 0 Å². The van der Waals surface area contributed by atoms with Gasteiger partial charge in [0.2, 0.25) is 0 Å². The van der Waals surface area contributed by atoms with Crippen LogP contribution in [-0.2, 0) is 34.6 Å². The molecule has 0 aliphatic carbocycles. The number of piperidine rings is 1. The van der Waals surface area contributed by atoms with Crippen LogP contribution in [0.1, 0.15) is 43.2 Å². The first-order valence-electron chi connectivity index (χ1n) is 9.44. The Morgan fingerprint density at radius 2 is 2.10 bits per heavy atom. The van der Waals surface area contributed by atoms with Crippen molar-refractivity contribution in [2.75, 3.05) is 13.7 Å². The Morgan fingerprint density at radius 1 is 1.30 bits per heavy atom. The number of aryl methyl sites for hydroxylation is 1. The monoisotopic (exact) mass is 535 g/mol. The van der Waals surface area contributed by atoms with Crippen LogP contribution in [0.5, 0.6) is 0 Å². The number of esters is 1. The highest BCUT2D eigenvalue weighted by molar-refractivity contribution is 14.1. The van der Waals surface area contributed by atoms with Crippen molar-refractivity contribution < 1.29 is 39.8 Å². The molecular formula is C20H26INO8. The lowest BCUT2D eigenvalue weighted by molar-refractivity contribution is -0.752. The van der Waals surface area contributed by atoms with Crippen molar-refractivity contribution in [2.45, 2.75) is 51.1 Å². The predicted octanol–water partition coefficient (Wildman–Crippen LogP) is 3.22. The first-order valence-corrected chi connectivity index (χ1v) is 10.5. The summed E-state index contributed by atoms with van der Waals surface area (Å²) in [5.74, 6) is 5.19. The summed E-state index contributed by atoms with van der Waals surface area (Å²) in [5.41, 5.74) is 2.58. The second-order valence-electron chi connectivity index (χ2n) is 6.91. The number of benzene rings is 1. The standard InChI is InChI=1S/C16H20INO2.C4H6O6/c1-9-3-4-10(7-13(9)17)12-8-11-5-6-14(18-11)15(12)16(19)20-2;1-2-3-4-6-8-10-9-7-5/h3-4,7,11-12,14-15,18H,5-6,8H2,1-2H3;5H,4H2,1H3/t11-,12-,14?,15?;/m1./s1. The molecule has 2 N–H and O–H groups in total. The van der Waals surface area contributed by atoms with Crippen LogP contribution in [0.2, 0.25) is 0 Å². The van der Waals surface area contributed by atoms with E-state index in [-0.39, 0.29) is 30.5 Å². The van der Waals surface area contributed by atoms with Gasteiger partial charge < -0.3 is 10.1 Å². The molecule has 0 amide bonds. The zero-order valence-corrected chi connectivity index (χ0v) is 19.2. The fraction of sp³-hybridized carbons (Fsp3) is 0.550. The zero-order chi connectivity index (χ0) is 21.9. The lowest BCUT2D eigenvalue weighted by Crippen LogP contribution is -2.48. The molecule has 1 aromatic carbocycles. The molecule has 4 atom stereocenters. The topological polar surface area (TPSA) is 105 Å². The van der Waals surface area contributed by atoms with E-state index in [4.69, 9.17) is 9.99 Å². The Balaban J connectivity index is 0.000000274. The van der Waals surface area contributed by atoms with Crippen LogP contribution in [0.25, 0.3) is 0 Å². The number of nitrogens with one attached hydrogen (secondary N) is 1. The Hall–Kier alpha value is -1.30. The van der Waals surface area contributed by atoms with Gasteiger partial charge in [-0.3, -0.25) is 4.79 Å². The molecule has 0 aromatic heterocycles.